The Morgan fingerprint density at radius 2 is 1.86 bits per heavy atom. The molecule has 35 heavy (non-hydrogen) atoms. The molecule has 0 radical (unpaired) electrons. The molecule has 1 amide bonds. The van der Waals surface area contributed by atoms with Gasteiger partial charge in [0, 0.05) is 22.6 Å². The largest absolute Gasteiger partial charge is 0.349 e. The fourth-order valence-corrected chi connectivity index (χ4v) is 5.34. The van der Waals surface area contributed by atoms with Crippen LogP contribution in [-0.2, 0) is 4.57 Å². The van der Waals surface area contributed by atoms with Crippen LogP contribution in [0.2, 0.25) is 5.02 Å². The minimum Gasteiger partial charge on any atom is -0.349 e. The molecule has 4 rings (SSSR count). The third kappa shape index (κ3) is 6.40. The van der Waals surface area contributed by atoms with Gasteiger partial charge in [-0.2, -0.15) is 4.98 Å². The average molecular weight is 513 g/mol. The zero-order valence-corrected chi connectivity index (χ0v) is 21.7. The maximum absolute atomic E-state index is 12.7. The number of piperidine rings is 1. The highest BCUT2D eigenvalue weighted by atomic mass is 35.5. The van der Waals surface area contributed by atoms with E-state index >= 15 is 0 Å². The molecular weight excluding hydrogens is 483 g/mol. The van der Waals surface area contributed by atoms with Crippen molar-refractivity contribution < 1.29 is 9.36 Å². The number of aryl methyl sites for hydroxylation is 1. The molecule has 4 N–H and O–H groups in total. The van der Waals surface area contributed by atoms with Crippen LogP contribution in [0.3, 0.4) is 0 Å². The first-order valence-electron chi connectivity index (χ1n) is 11.5. The van der Waals surface area contributed by atoms with Gasteiger partial charge in [-0.1, -0.05) is 23.7 Å². The molecule has 0 atom stereocenters. The monoisotopic (exact) mass is 512 g/mol. The molecule has 1 aliphatic rings. The molecule has 184 valence electrons. The quantitative estimate of drug-likeness (QED) is 0.341. The number of aromatic nitrogens is 2. The highest BCUT2D eigenvalue weighted by Crippen LogP contribution is 2.38. The summed E-state index contributed by atoms with van der Waals surface area (Å²) in [4.78, 5) is 21.5. The molecule has 1 fully saturated rings. The number of amides is 1. The Balaban J connectivity index is 1.49. The predicted octanol–water partition coefficient (Wildman–Crippen LogP) is 4.66. The summed E-state index contributed by atoms with van der Waals surface area (Å²) in [6.07, 6.45) is 3.38. The summed E-state index contributed by atoms with van der Waals surface area (Å²) in [6, 6.07) is 13.1. The zero-order valence-electron chi connectivity index (χ0n) is 20.1. The van der Waals surface area contributed by atoms with E-state index in [2.05, 4.69) is 31.2 Å². The number of nitrogens with one attached hydrogen (secondary N) is 4. The number of nitrogens with zero attached hydrogens (tertiary/aromatic N) is 2. The molecule has 2 aromatic carbocycles. The van der Waals surface area contributed by atoms with Crippen LogP contribution < -0.4 is 26.6 Å². The Labute approximate surface area is 210 Å². The Morgan fingerprint density at radius 1 is 1.11 bits per heavy atom. The minimum atomic E-state index is -2.51. The molecule has 0 saturated carbocycles. The summed E-state index contributed by atoms with van der Waals surface area (Å²) in [6.45, 7) is 7.20. The minimum absolute atomic E-state index is 0.0574. The number of para-hydroxylation sites is 1. The summed E-state index contributed by atoms with van der Waals surface area (Å²) in [5.74, 6) is 0.689. The number of anilines is 4. The summed E-state index contributed by atoms with van der Waals surface area (Å²) in [5, 5.41) is 13.9. The van der Waals surface area contributed by atoms with Gasteiger partial charge in [0.25, 0.3) is 5.91 Å². The standard InChI is InChI=1S/C25H30ClN6O2P/c1-16-14-18(8-9-19(16)24(33)29-17-10-12-27-13-11-17)30-25-28-15-20(26)23(32-25)31-21-6-4-5-7-22(21)35(2,3)34/h4-9,14-15,17,27H,10-13H2,1-3H3,(H,29,33)(H2,28,30,31,32). The van der Waals surface area contributed by atoms with Crippen LogP contribution in [0.25, 0.3) is 0 Å². The van der Waals surface area contributed by atoms with E-state index < -0.39 is 7.14 Å². The van der Waals surface area contributed by atoms with Crippen LogP contribution in [-0.4, -0.2) is 48.3 Å². The normalized spacial score (nSPS) is 14.4. The number of halogens is 1. The first-order valence-corrected chi connectivity index (χ1v) is 14.5. The van der Waals surface area contributed by atoms with E-state index in [9.17, 15) is 9.36 Å². The second-order valence-electron chi connectivity index (χ2n) is 9.04. The third-order valence-corrected chi connectivity index (χ3v) is 7.71. The number of benzene rings is 2. The second kappa shape index (κ2) is 10.8. The fraction of sp³-hybridized carbons (Fsp3) is 0.320. The van der Waals surface area contributed by atoms with Gasteiger partial charge in [-0.3, -0.25) is 4.79 Å². The van der Waals surface area contributed by atoms with E-state index in [0.717, 1.165) is 42.5 Å². The number of rotatable bonds is 7. The lowest BCUT2D eigenvalue weighted by Gasteiger charge is -2.24. The summed E-state index contributed by atoms with van der Waals surface area (Å²) < 4.78 is 12.7. The Morgan fingerprint density at radius 3 is 2.57 bits per heavy atom. The highest BCUT2D eigenvalue weighted by Gasteiger charge is 2.19. The van der Waals surface area contributed by atoms with Crippen LogP contribution in [0.1, 0.15) is 28.8 Å². The van der Waals surface area contributed by atoms with Gasteiger partial charge in [-0.15, -0.1) is 0 Å². The lowest BCUT2D eigenvalue weighted by molar-refractivity contribution is 0.0929. The highest BCUT2D eigenvalue weighted by molar-refractivity contribution is 7.70. The van der Waals surface area contributed by atoms with Crippen molar-refractivity contribution in [1.29, 1.82) is 0 Å². The van der Waals surface area contributed by atoms with Gasteiger partial charge in [-0.05, 0) is 82.1 Å². The van der Waals surface area contributed by atoms with E-state index in [-0.39, 0.29) is 11.9 Å². The first kappa shape index (κ1) is 25.2. The molecule has 0 spiro atoms. The lowest BCUT2D eigenvalue weighted by Crippen LogP contribution is -2.42. The molecule has 8 nitrogen and oxygen atoms in total. The van der Waals surface area contributed by atoms with Crippen molar-refractivity contribution >= 4 is 53.1 Å². The number of hydrogen-bond acceptors (Lipinski definition) is 7. The van der Waals surface area contributed by atoms with E-state index in [0.29, 0.717) is 28.0 Å². The van der Waals surface area contributed by atoms with Crippen molar-refractivity contribution in [2.45, 2.75) is 25.8 Å². The van der Waals surface area contributed by atoms with Crippen molar-refractivity contribution in [2.75, 3.05) is 37.1 Å². The van der Waals surface area contributed by atoms with Crippen LogP contribution in [0.5, 0.6) is 0 Å². The molecular formula is C25H30ClN6O2P. The van der Waals surface area contributed by atoms with Crippen molar-refractivity contribution in [3.63, 3.8) is 0 Å². The Bertz CT molecular complexity index is 1270. The van der Waals surface area contributed by atoms with Gasteiger partial charge >= 0.3 is 0 Å². The fourth-order valence-electron chi connectivity index (χ4n) is 4.05. The van der Waals surface area contributed by atoms with Gasteiger partial charge in [0.05, 0.1) is 11.9 Å². The third-order valence-electron chi connectivity index (χ3n) is 5.88. The molecule has 0 unspecified atom stereocenters. The van der Waals surface area contributed by atoms with Gasteiger partial charge in [0.2, 0.25) is 5.95 Å². The van der Waals surface area contributed by atoms with Gasteiger partial charge in [0.1, 0.15) is 12.2 Å². The van der Waals surface area contributed by atoms with Crippen molar-refractivity contribution in [1.82, 2.24) is 20.6 Å². The van der Waals surface area contributed by atoms with Gasteiger partial charge in [0.15, 0.2) is 5.82 Å². The smallest absolute Gasteiger partial charge is 0.251 e. The molecule has 0 aliphatic carbocycles. The lowest BCUT2D eigenvalue weighted by atomic mass is 10.0. The van der Waals surface area contributed by atoms with Crippen molar-refractivity contribution in [3.05, 3.63) is 64.8 Å². The second-order valence-corrected chi connectivity index (χ2v) is 12.6. The first-order chi connectivity index (χ1) is 16.7. The van der Waals surface area contributed by atoms with Crippen LogP contribution in [0.15, 0.2) is 48.7 Å². The Hall–Kier alpha value is -2.93. The number of hydrogen-bond donors (Lipinski definition) is 4. The number of carbonyl (C=O) groups excluding carboxylic acids is 1. The molecule has 2 heterocycles. The van der Waals surface area contributed by atoms with Crippen molar-refractivity contribution in [2.24, 2.45) is 0 Å². The van der Waals surface area contributed by atoms with Crippen LogP contribution in [0.4, 0.5) is 23.1 Å². The summed E-state index contributed by atoms with van der Waals surface area (Å²) >= 11 is 6.34. The van der Waals surface area contributed by atoms with Crippen LogP contribution in [0, 0.1) is 6.92 Å². The van der Waals surface area contributed by atoms with E-state index in [4.69, 9.17) is 11.6 Å². The maximum Gasteiger partial charge on any atom is 0.251 e. The topological polar surface area (TPSA) is 108 Å². The van der Waals surface area contributed by atoms with Gasteiger partial charge in [-0.25, -0.2) is 4.98 Å². The van der Waals surface area contributed by atoms with E-state index in [1.54, 1.807) is 19.4 Å². The number of carbonyl (C=O) groups is 1. The van der Waals surface area contributed by atoms with Crippen LogP contribution >= 0.6 is 18.7 Å². The molecule has 3 aromatic rings. The molecule has 1 saturated heterocycles. The SMILES string of the molecule is Cc1cc(Nc2ncc(Cl)c(Nc3ccccc3P(C)(C)=O)n2)ccc1C(=O)NC1CCNCC1. The zero-order chi connectivity index (χ0) is 25.0. The van der Waals surface area contributed by atoms with E-state index in [1.807, 2.05) is 43.3 Å². The van der Waals surface area contributed by atoms with Crippen molar-refractivity contribution in [3.8, 4) is 0 Å². The maximum atomic E-state index is 12.7. The molecule has 0 bridgehead atoms. The predicted molar refractivity (Wildman–Crippen MR) is 144 cm³/mol. The average Bonchev–Trinajstić information content (AvgIpc) is 2.81. The summed E-state index contributed by atoms with van der Waals surface area (Å²) in [5.41, 5.74) is 2.94. The van der Waals surface area contributed by atoms with Gasteiger partial charge < -0.3 is 25.8 Å². The van der Waals surface area contributed by atoms with E-state index in [1.165, 1.54) is 6.20 Å². The molecule has 1 aromatic heterocycles. The Kier molecular flexibility index (Phi) is 7.75. The molecule has 10 heteroatoms. The molecule has 1 aliphatic heterocycles. The summed E-state index contributed by atoms with van der Waals surface area (Å²) in [7, 11) is -2.51.